The average Bonchev–Trinajstić information content (AvgIpc) is 2.53. The van der Waals surface area contributed by atoms with E-state index < -0.39 is 10.8 Å². The number of nitrogens with one attached hydrogen (secondary N) is 1. The van der Waals surface area contributed by atoms with Gasteiger partial charge in [0.1, 0.15) is 11.4 Å². The van der Waals surface area contributed by atoms with Crippen LogP contribution in [0.5, 0.6) is 5.75 Å². The van der Waals surface area contributed by atoms with Gasteiger partial charge in [0, 0.05) is 24.7 Å². The number of piperidine rings is 1. The lowest BCUT2D eigenvalue weighted by atomic mass is 10.0. The number of hydrogen-bond donors (Lipinski definition) is 2. The van der Waals surface area contributed by atoms with Crippen LogP contribution in [0.4, 0.5) is 11.4 Å². The maximum atomic E-state index is 11.8. The number of nitro benzene ring substituents is 1. The highest BCUT2D eigenvalue weighted by atomic mass is 16.6. The zero-order valence-corrected chi connectivity index (χ0v) is 12.7. The van der Waals surface area contributed by atoms with Gasteiger partial charge < -0.3 is 9.64 Å². The molecule has 0 aromatic heterocycles. The fourth-order valence-electron chi connectivity index (χ4n) is 2.81. The average molecular weight is 308 g/mol. The lowest BCUT2D eigenvalue weighted by molar-refractivity contribution is -0.384. The second kappa shape index (κ2) is 6.61. The summed E-state index contributed by atoms with van der Waals surface area (Å²) in [6, 6.07) is 2.97. The lowest BCUT2D eigenvalue weighted by Crippen LogP contribution is -2.38. The van der Waals surface area contributed by atoms with E-state index in [4.69, 9.17) is 10.6 Å². The second-order valence-electron chi connectivity index (χ2n) is 5.31. The third-order valence-corrected chi connectivity index (χ3v) is 3.98. The maximum Gasteiger partial charge on any atom is 0.293 e. The van der Waals surface area contributed by atoms with Crippen LogP contribution >= 0.6 is 0 Å². The Hall–Kier alpha value is -2.35. The number of rotatable bonds is 4. The first-order chi connectivity index (χ1) is 10.5. The number of methoxy groups -OCH3 is 1. The quantitative estimate of drug-likeness (QED) is 0.378. The molecular weight excluding hydrogens is 288 g/mol. The predicted molar refractivity (Wildman–Crippen MR) is 82.0 cm³/mol. The summed E-state index contributed by atoms with van der Waals surface area (Å²) in [7, 11) is 1.41. The summed E-state index contributed by atoms with van der Waals surface area (Å²) < 4.78 is 5.20. The number of carbonyl (C=O) groups excluding carboxylic acids is 1. The number of ether oxygens (including phenoxy) is 1. The molecule has 1 aliphatic rings. The van der Waals surface area contributed by atoms with E-state index in [-0.39, 0.29) is 23.0 Å². The minimum absolute atomic E-state index is 0.0464. The molecule has 0 aliphatic carbocycles. The molecule has 1 amide bonds. The summed E-state index contributed by atoms with van der Waals surface area (Å²) in [5.41, 5.74) is 2.38. The van der Waals surface area contributed by atoms with Crippen LogP contribution in [0.15, 0.2) is 12.1 Å². The minimum atomic E-state index is -0.627. The Morgan fingerprint density at radius 1 is 1.50 bits per heavy atom. The summed E-state index contributed by atoms with van der Waals surface area (Å²) in [4.78, 5) is 24.7. The smallest absolute Gasteiger partial charge is 0.293 e. The van der Waals surface area contributed by atoms with Gasteiger partial charge >= 0.3 is 0 Å². The van der Waals surface area contributed by atoms with Crippen molar-refractivity contribution >= 4 is 17.3 Å². The van der Waals surface area contributed by atoms with Gasteiger partial charge in [-0.05, 0) is 26.2 Å². The number of nitrogens with two attached hydrogens (primary N) is 1. The van der Waals surface area contributed by atoms with Gasteiger partial charge in [-0.1, -0.05) is 0 Å². The SMILES string of the molecule is COc1cc(N2CCCC[C@H]2C)c([N+](=O)[O-])cc1C(=O)NN. The number of nitrogen functional groups attached to an aromatic ring is 1. The molecule has 8 heteroatoms. The fraction of sp³-hybridized carbons (Fsp3) is 0.500. The summed E-state index contributed by atoms with van der Waals surface area (Å²) in [6.45, 7) is 2.78. The third-order valence-electron chi connectivity index (χ3n) is 3.98. The normalized spacial score (nSPS) is 18.0. The predicted octanol–water partition coefficient (Wildman–Crippen LogP) is 1.59. The number of benzene rings is 1. The van der Waals surface area contributed by atoms with E-state index in [1.54, 1.807) is 6.07 Å². The molecule has 0 spiro atoms. The standard InChI is InChI=1S/C14H20N4O4/c1-9-5-3-4-6-17(9)11-8-13(22-2)10(14(19)16-15)7-12(11)18(20)21/h7-9H,3-6,15H2,1-2H3,(H,16,19)/t9-/m1/s1. The molecule has 22 heavy (non-hydrogen) atoms. The number of carbonyl (C=O) groups is 1. The van der Waals surface area contributed by atoms with Gasteiger partial charge in [0.2, 0.25) is 0 Å². The van der Waals surface area contributed by atoms with Crippen LogP contribution in [0.1, 0.15) is 36.5 Å². The Bertz CT molecular complexity index is 590. The van der Waals surface area contributed by atoms with Crippen molar-refractivity contribution in [1.29, 1.82) is 0 Å². The van der Waals surface area contributed by atoms with Crippen molar-refractivity contribution in [2.24, 2.45) is 5.84 Å². The second-order valence-corrected chi connectivity index (χ2v) is 5.31. The van der Waals surface area contributed by atoms with Crippen LogP contribution in [0.3, 0.4) is 0 Å². The molecule has 1 aromatic rings. The Kier molecular flexibility index (Phi) is 4.81. The highest BCUT2D eigenvalue weighted by Crippen LogP contribution is 2.38. The minimum Gasteiger partial charge on any atom is -0.496 e. The van der Waals surface area contributed by atoms with Gasteiger partial charge in [0.15, 0.2) is 0 Å². The molecule has 1 aliphatic heterocycles. The first-order valence-electron chi connectivity index (χ1n) is 7.13. The largest absolute Gasteiger partial charge is 0.496 e. The lowest BCUT2D eigenvalue weighted by Gasteiger charge is -2.35. The van der Waals surface area contributed by atoms with Crippen molar-refractivity contribution in [2.45, 2.75) is 32.2 Å². The number of amides is 1. The zero-order chi connectivity index (χ0) is 16.3. The molecule has 2 rings (SSSR count). The summed E-state index contributed by atoms with van der Waals surface area (Å²) >= 11 is 0. The molecule has 1 fully saturated rings. The Balaban J connectivity index is 2.57. The van der Waals surface area contributed by atoms with E-state index in [1.165, 1.54) is 13.2 Å². The van der Waals surface area contributed by atoms with E-state index >= 15 is 0 Å². The third kappa shape index (κ3) is 2.96. The summed E-state index contributed by atoms with van der Waals surface area (Å²) in [5, 5.41) is 11.4. The molecule has 1 saturated heterocycles. The van der Waals surface area contributed by atoms with E-state index in [9.17, 15) is 14.9 Å². The van der Waals surface area contributed by atoms with Gasteiger partial charge in [-0.25, -0.2) is 5.84 Å². The Morgan fingerprint density at radius 2 is 2.23 bits per heavy atom. The molecule has 120 valence electrons. The number of nitro groups is 1. The molecular formula is C14H20N4O4. The van der Waals surface area contributed by atoms with Gasteiger partial charge in [0.05, 0.1) is 17.6 Å². The van der Waals surface area contributed by atoms with Crippen molar-refractivity contribution in [3.63, 3.8) is 0 Å². The number of nitrogens with zero attached hydrogens (tertiary/aromatic N) is 2. The molecule has 0 saturated carbocycles. The summed E-state index contributed by atoms with van der Waals surface area (Å²) in [5.74, 6) is 4.76. The fourth-order valence-corrected chi connectivity index (χ4v) is 2.81. The molecule has 3 N–H and O–H groups in total. The van der Waals surface area contributed by atoms with Crippen LogP contribution < -0.4 is 20.9 Å². The van der Waals surface area contributed by atoms with E-state index in [0.29, 0.717) is 5.69 Å². The molecule has 1 heterocycles. The zero-order valence-electron chi connectivity index (χ0n) is 12.7. The topological polar surface area (TPSA) is 111 Å². The molecule has 0 unspecified atom stereocenters. The first-order valence-corrected chi connectivity index (χ1v) is 7.13. The van der Waals surface area contributed by atoms with Crippen LogP contribution in [-0.4, -0.2) is 30.5 Å². The van der Waals surface area contributed by atoms with Crippen molar-refractivity contribution in [1.82, 2.24) is 5.43 Å². The van der Waals surface area contributed by atoms with Gasteiger partial charge in [-0.2, -0.15) is 0 Å². The molecule has 0 bridgehead atoms. The van der Waals surface area contributed by atoms with E-state index in [0.717, 1.165) is 25.8 Å². The van der Waals surface area contributed by atoms with E-state index in [1.807, 2.05) is 17.2 Å². The van der Waals surface area contributed by atoms with Gasteiger partial charge in [-0.3, -0.25) is 20.3 Å². The maximum absolute atomic E-state index is 11.8. The van der Waals surface area contributed by atoms with Crippen molar-refractivity contribution in [3.05, 3.63) is 27.8 Å². The molecule has 1 atom stereocenters. The van der Waals surface area contributed by atoms with Gasteiger partial charge in [0.25, 0.3) is 11.6 Å². The number of hydrogen-bond acceptors (Lipinski definition) is 6. The first kappa shape index (κ1) is 16.0. The van der Waals surface area contributed by atoms with Crippen LogP contribution in [-0.2, 0) is 0 Å². The van der Waals surface area contributed by atoms with Crippen LogP contribution in [0.2, 0.25) is 0 Å². The van der Waals surface area contributed by atoms with Crippen LogP contribution in [0.25, 0.3) is 0 Å². The Labute approximate surface area is 128 Å². The Morgan fingerprint density at radius 3 is 2.77 bits per heavy atom. The monoisotopic (exact) mass is 308 g/mol. The highest BCUT2D eigenvalue weighted by Gasteiger charge is 2.29. The summed E-state index contributed by atoms with van der Waals surface area (Å²) in [6.07, 6.45) is 3.07. The molecule has 8 nitrogen and oxygen atoms in total. The van der Waals surface area contributed by atoms with Crippen LogP contribution in [0, 0.1) is 10.1 Å². The number of hydrazine groups is 1. The number of anilines is 1. The van der Waals surface area contributed by atoms with Crippen molar-refractivity contribution < 1.29 is 14.5 Å². The van der Waals surface area contributed by atoms with Crippen molar-refractivity contribution in [3.8, 4) is 5.75 Å². The molecule has 0 radical (unpaired) electrons. The van der Waals surface area contributed by atoms with Gasteiger partial charge in [-0.15, -0.1) is 0 Å². The van der Waals surface area contributed by atoms with E-state index in [2.05, 4.69) is 0 Å². The van der Waals surface area contributed by atoms with Crippen molar-refractivity contribution in [2.75, 3.05) is 18.6 Å². The highest BCUT2D eigenvalue weighted by molar-refractivity contribution is 5.98. The molecule has 1 aromatic carbocycles.